The van der Waals surface area contributed by atoms with Gasteiger partial charge in [-0.05, 0) is 30.5 Å². The third kappa shape index (κ3) is 3.13. The van der Waals surface area contributed by atoms with E-state index < -0.39 is 0 Å². The minimum absolute atomic E-state index is 0.471. The molecule has 5 nitrogen and oxygen atoms in total. The second kappa shape index (κ2) is 6.22. The molecule has 0 bridgehead atoms. The Bertz CT molecular complexity index is 673. The molecule has 1 heterocycles. The minimum atomic E-state index is 0.471. The van der Waals surface area contributed by atoms with Crippen LogP contribution in [0.25, 0.3) is 0 Å². The number of aryl methyl sites for hydroxylation is 2. The Balaban J connectivity index is 1.55. The van der Waals surface area contributed by atoms with Crippen LogP contribution in [0.5, 0.6) is 0 Å². The lowest BCUT2D eigenvalue weighted by Crippen LogP contribution is -2.38. The lowest BCUT2D eigenvalue weighted by molar-refractivity contribution is 0.683. The zero-order chi connectivity index (χ0) is 15.5. The number of rotatable bonds is 4. The average Bonchev–Trinajstić information content (AvgIpc) is 3.16. The number of benzene rings is 1. The van der Waals surface area contributed by atoms with Crippen molar-refractivity contribution in [2.75, 3.05) is 7.05 Å². The smallest absolute Gasteiger partial charge is 0.191 e. The molecule has 2 aromatic rings. The van der Waals surface area contributed by atoms with Crippen molar-refractivity contribution in [3.05, 3.63) is 53.3 Å². The number of hydrogen-bond donors (Lipinski definition) is 2. The summed E-state index contributed by atoms with van der Waals surface area (Å²) in [7, 11) is 3.76. The Hall–Kier alpha value is -2.30. The maximum Gasteiger partial charge on any atom is 0.191 e. The average molecular weight is 297 g/mol. The van der Waals surface area contributed by atoms with Gasteiger partial charge in [0.15, 0.2) is 5.96 Å². The summed E-state index contributed by atoms with van der Waals surface area (Å²) in [6.45, 7) is 2.90. The van der Waals surface area contributed by atoms with Crippen LogP contribution in [0, 0.1) is 6.92 Å². The van der Waals surface area contributed by atoms with E-state index in [-0.39, 0.29) is 0 Å². The third-order valence-electron chi connectivity index (χ3n) is 4.28. The third-order valence-corrected chi connectivity index (χ3v) is 4.28. The quantitative estimate of drug-likeness (QED) is 0.670. The van der Waals surface area contributed by atoms with Gasteiger partial charge < -0.3 is 10.6 Å². The first-order valence-electron chi connectivity index (χ1n) is 7.68. The largest absolute Gasteiger partial charge is 0.353 e. The summed E-state index contributed by atoms with van der Waals surface area (Å²) in [5.74, 6) is 1.44. The zero-order valence-corrected chi connectivity index (χ0v) is 13.4. The predicted octanol–water partition coefficient (Wildman–Crippen LogP) is 1.95. The van der Waals surface area contributed by atoms with Crippen LogP contribution in [0.3, 0.4) is 0 Å². The highest BCUT2D eigenvalue weighted by atomic mass is 15.3. The summed E-state index contributed by atoms with van der Waals surface area (Å²) >= 11 is 0. The van der Waals surface area contributed by atoms with Gasteiger partial charge in [-0.25, -0.2) is 0 Å². The molecule has 2 N–H and O–H groups in total. The van der Waals surface area contributed by atoms with E-state index in [9.17, 15) is 0 Å². The summed E-state index contributed by atoms with van der Waals surface area (Å²) in [4.78, 5) is 4.31. The van der Waals surface area contributed by atoms with Crippen molar-refractivity contribution in [2.24, 2.45) is 12.0 Å². The van der Waals surface area contributed by atoms with E-state index in [2.05, 4.69) is 51.9 Å². The summed E-state index contributed by atoms with van der Waals surface area (Å²) < 4.78 is 1.87. The fraction of sp³-hybridized carbons (Fsp3) is 0.412. The van der Waals surface area contributed by atoms with Crippen molar-refractivity contribution in [1.29, 1.82) is 0 Å². The van der Waals surface area contributed by atoms with E-state index in [1.807, 2.05) is 31.0 Å². The second-order valence-corrected chi connectivity index (χ2v) is 5.82. The van der Waals surface area contributed by atoms with Crippen molar-refractivity contribution in [1.82, 2.24) is 20.4 Å². The molecule has 116 valence electrons. The number of nitrogens with zero attached hydrogens (tertiary/aromatic N) is 3. The van der Waals surface area contributed by atoms with E-state index in [1.54, 1.807) is 0 Å². The van der Waals surface area contributed by atoms with Crippen LogP contribution in [0.15, 0.2) is 41.5 Å². The van der Waals surface area contributed by atoms with Gasteiger partial charge in [-0.1, -0.05) is 24.3 Å². The highest BCUT2D eigenvalue weighted by Crippen LogP contribution is 2.41. The van der Waals surface area contributed by atoms with E-state index in [4.69, 9.17) is 0 Å². The van der Waals surface area contributed by atoms with Gasteiger partial charge >= 0.3 is 0 Å². The van der Waals surface area contributed by atoms with Crippen molar-refractivity contribution in [2.45, 2.75) is 31.8 Å². The Morgan fingerprint density at radius 2 is 2.18 bits per heavy atom. The van der Waals surface area contributed by atoms with E-state index >= 15 is 0 Å². The molecule has 0 amide bonds. The van der Waals surface area contributed by atoms with Crippen LogP contribution >= 0.6 is 0 Å². The Morgan fingerprint density at radius 1 is 1.36 bits per heavy atom. The summed E-state index contributed by atoms with van der Waals surface area (Å²) in [6.07, 6.45) is 2.97. The molecule has 0 saturated heterocycles. The van der Waals surface area contributed by atoms with Gasteiger partial charge in [0.2, 0.25) is 0 Å². The van der Waals surface area contributed by atoms with Crippen LogP contribution in [-0.4, -0.2) is 28.8 Å². The van der Waals surface area contributed by atoms with Crippen LogP contribution in [0.4, 0.5) is 0 Å². The zero-order valence-electron chi connectivity index (χ0n) is 13.4. The van der Waals surface area contributed by atoms with Gasteiger partial charge in [0, 0.05) is 32.3 Å². The van der Waals surface area contributed by atoms with Gasteiger partial charge in [-0.2, -0.15) is 5.10 Å². The highest BCUT2D eigenvalue weighted by Gasteiger charge is 2.39. The predicted molar refractivity (Wildman–Crippen MR) is 88.9 cm³/mol. The van der Waals surface area contributed by atoms with Crippen molar-refractivity contribution in [3.63, 3.8) is 0 Å². The Labute approximate surface area is 131 Å². The second-order valence-electron chi connectivity index (χ2n) is 5.82. The van der Waals surface area contributed by atoms with E-state index in [1.165, 1.54) is 11.1 Å². The molecule has 2 atom stereocenters. The molecule has 5 heteroatoms. The van der Waals surface area contributed by atoms with Crippen LogP contribution in [0.2, 0.25) is 0 Å². The summed E-state index contributed by atoms with van der Waals surface area (Å²) in [5.41, 5.74) is 3.95. The maximum absolute atomic E-state index is 4.31. The molecule has 1 fully saturated rings. The molecule has 0 spiro atoms. The topological polar surface area (TPSA) is 54.2 Å². The molecule has 2 unspecified atom stereocenters. The number of hydrogen-bond acceptors (Lipinski definition) is 2. The van der Waals surface area contributed by atoms with Gasteiger partial charge in [0.05, 0.1) is 12.2 Å². The SMILES string of the molecule is CN=C(NCc1ccnn1C)NC1CC1c1ccccc1C. The molecule has 3 rings (SSSR count). The number of nitrogens with one attached hydrogen (secondary N) is 2. The monoisotopic (exact) mass is 297 g/mol. The fourth-order valence-electron chi connectivity index (χ4n) is 2.82. The normalized spacial score (nSPS) is 20.8. The summed E-state index contributed by atoms with van der Waals surface area (Å²) in [6, 6.07) is 11.1. The standard InChI is InChI=1S/C17H23N5/c1-12-6-4-5-7-14(12)15-10-16(15)21-17(18-2)19-11-13-8-9-20-22(13)3/h4-9,15-16H,10-11H2,1-3H3,(H2,18,19,21). The Kier molecular flexibility index (Phi) is 4.13. The molecule has 1 aromatic heterocycles. The number of aliphatic imine (C=N–C) groups is 1. The van der Waals surface area contributed by atoms with Gasteiger partial charge in [-0.15, -0.1) is 0 Å². The van der Waals surface area contributed by atoms with Crippen molar-refractivity contribution < 1.29 is 0 Å². The molecule has 1 aromatic carbocycles. The minimum Gasteiger partial charge on any atom is -0.353 e. The molecular formula is C17H23N5. The van der Waals surface area contributed by atoms with Crippen molar-refractivity contribution in [3.8, 4) is 0 Å². The molecule has 22 heavy (non-hydrogen) atoms. The fourth-order valence-corrected chi connectivity index (χ4v) is 2.82. The first-order valence-corrected chi connectivity index (χ1v) is 7.68. The molecule has 1 aliphatic rings. The molecule has 0 aliphatic heterocycles. The van der Waals surface area contributed by atoms with Crippen LogP contribution in [-0.2, 0) is 13.6 Å². The van der Waals surface area contributed by atoms with Crippen LogP contribution in [0.1, 0.15) is 29.2 Å². The van der Waals surface area contributed by atoms with Gasteiger partial charge in [-0.3, -0.25) is 9.67 Å². The van der Waals surface area contributed by atoms with E-state index in [0.717, 1.165) is 24.6 Å². The number of aromatic nitrogens is 2. The first kappa shape index (κ1) is 14.6. The molecule has 1 saturated carbocycles. The molecular weight excluding hydrogens is 274 g/mol. The highest BCUT2D eigenvalue weighted by molar-refractivity contribution is 5.80. The number of guanidine groups is 1. The van der Waals surface area contributed by atoms with Gasteiger partial charge in [0.25, 0.3) is 0 Å². The molecule has 0 radical (unpaired) electrons. The van der Waals surface area contributed by atoms with Crippen LogP contribution < -0.4 is 10.6 Å². The summed E-state index contributed by atoms with van der Waals surface area (Å²) in [5, 5.41) is 11.0. The maximum atomic E-state index is 4.31. The van der Waals surface area contributed by atoms with Crippen molar-refractivity contribution >= 4 is 5.96 Å². The van der Waals surface area contributed by atoms with Gasteiger partial charge in [0.1, 0.15) is 0 Å². The Morgan fingerprint density at radius 3 is 2.86 bits per heavy atom. The van der Waals surface area contributed by atoms with E-state index in [0.29, 0.717) is 12.0 Å². The lowest BCUT2D eigenvalue weighted by Gasteiger charge is -2.12. The molecule has 1 aliphatic carbocycles. The first-order chi connectivity index (χ1) is 10.7. The lowest BCUT2D eigenvalue weighted by atomic mass is 10.0.